The number of aliphatic carboxylic acids is 1. The number of imide groups is 1. The lowest BCUT2D eigenvalue weighted by atomic mass is 9.87. The lowest BCUT2D eigenvalue weighted by Crippen LogP contribution is -2.47. The van der Waals surface area contributed by atoms with Crippen molar-refractivity contribution in [3.8, 4) is 11.1 Å². The predicted molar refractivity (Wildman–Crippen MR) is 145 cm³/mol. The Morgan fingerprint density at radius 2 is 1.73 bits per heavy atom. The number of carboxylic acid groups (broad SMARTS) is 1. The molecule has 2 aliphatic heterocycles. The molecule has 2 N–H and O–H groups in total. The molecule has 3 heterocycles. The first kappa shape index (κ1) is 27.4. The first-order chi connectivity index (χ1) is 19.2. The van der Waals surface area contributed by atoms with Crippen LogP contribution in [0.5, 0.6) is 0 Å². The quantitative estimate of drug-likeness (QED) is 0.376. The second-order valence-corrected chi connectivity index (χ2v) is 10.4. The molecule has 0 aliphatic carbocycles. The molecule has 2 saturated heterocycles. The van der Waals surface area contributed by atoms with Crippen LogP contribution in [-0.2, 0) is 20.7 Å². The van der Waals surface area contributed by atoms with Crippen molar-refractivity contribution in [1.29, 1.82) is 0 Å². The predicted octanol–water partition coefficient (Wildman–Crippen LogP) is 4.17. The van der Waals surface area contributed by atoms with Gasteiger partial charge < -0.3 is 20.1 Å². The van der Waals surface area contributed by atoms with Crippen molar-refractivity contribution in [2.45, 2.75) is 30.9 Å². The lowest BCUT2D eigenvalue weighted by molar-refractivity contribution is -0.136. The average molecular weight is 584 g/mol. The number of carbonyl (C=O) groups is 4. The fourth-order valence-electron chi connectivity index (χ4n) is 5.09. The third kappa shape index (κ3) is 5.43. The highest BCUT2D eigenvalue weighted by atomic mass is 35.5. The summed E-state index contributed by atoms with van der Waals surface area (Å²) in [6.45, 7) is -0.142. The number of nitrogens with zero attached hydrogens (tertiary/aromatic N) is 4. The molecule has 40 heavy (non-hydrogen) atoms. The smallest absolute Gasteiger partial charge is 0.407 e. The second-order valence-electron chi connectivity index (χ2n) is 9.50. The number of nitrogens with one attached hydrogen (secondary N) is 1. The Hall–Kier alpha value is -4.22. The number of fused-ring (bicyclic) bond motifs is 1. The van der Waals surface area contributed by atoms with E-state index in [1.165, 1.54) is 29.4 Å². The number of urea groups is 1. The van der Waals surface area contributed by atoms with Crippen molar-refractivity contribution in [1.82, 2.24) is 20.2 Å². The highest BCUT2D eigenvalue weighted by Gasteiger charge is 2.63. The first-order valence-electron chi connectivity index (χ1n) is 12.3. The molecule has 2 atom stereocenters. The molecule has 13 heteroatoms. The van der Waals surface area contributed by atoms with E-state index >= 15 is 0 Å². The standard InChI is InChI=1S/C27H23Cl2N5O6/c28-19-7-20(29)9-21(8-19)34-24(37)27(10-16-1-3-17(4-2-16)18-12-30-15-31-13-18)11-22(14-33(27)26(34)39)40-25(38)32-6-5-23(35)36/h1-4,7-9,12-13,15,22H,5-6,10-11,14H2,(H,32,38)(H,35,36)/t22-,27+/m1/s1. The molecular weight excluding hydrogens is 561 g/mol. The number of amides is 4. The number of alkyl carbamates (subject to hydrolysis) is 1. The molecule has 0 spiro atoms. The van der Waals surface area contributed by atoms with E-state index in [4.69, 9.17) is 33.0 Å². The van der Waals surface area contributed by atoms with Gasteiger partial charge in [-0.05, 0) is 29.3 Å². The van der Waals surface area contributed by atoms with Crippen molar-refractivity contribution >= 4 is 52.9 Å². The summed E-state index contributed by atoms with van der Waals surface area (Å²) in [5, 5.41) is 11.7. The van der Waals surface area contributed by atoms with Crippen LogP contribution in [0.25, 0.3) is 11.1 Å². The van der Waals surface area contributed by atoms with E-state index in [1.54, 1.807) is 12.4 Å². The minimum Gasteiger partial charge on any atom is -0.481 e. The Morgan fingerprint density at radius 1 is 1.05 bits per heavy atom. The Balaban J connectivity index is 1.42. The van der Waals surface area contributed by atoms with E-state index in [9.17, 15) is 19.2 Å². The second kappa shape index (κ2) is 11.1. The van der Waals surface area contributed by atoms with Crippen molar-refractivity contribution in [2.75, 3.05) is 18.0 Å². The molecule has 3 aromatic rings. The van der Waals surface area contributed by atoms with E-state index in [2.05, 4.69) is 15.3 Å². The van der Waals surface area contributed by atoms with Gasteiger partial charge in [0.05, 0.1) is 18.7 Å². The number of anilines is 1. The number of halogens is 2. The summed E-state index contributed by atoms with van der Waals surface area (Å²) in [7, 11) is 0. The van der Waals surface area contributed by atoms with Gasteiger partial charge in [0.25, 0.3) is 5.91 Å². The lowest BCUT2D eigenvalue weighted by Gasteiger charge is -2.28. The molecule has 11 nitrogen and oxygen atoms in total. The number of carboxylic acids is 1. The van der Waals surface area contributed by atoms with Crippen LogP contribution in [0.2, 0.25) is 10.0 Å². The van der Waals surface area contributed by atoms with Crippen LogP contribution in [0.15, 0.2) is 61.2 Å². The van der Waals surface area contributed by atoms with Gasteiger partial charge >= 0.3 is 18.1 Å². The third-order valence-corrected chi connectivity index (χ3v) is 7.26. The van der Waals surface area contributed by atoms with Gasteiger partial charge in [-0.15, -0.1) is 0 Å². The molecular formula is C27H23Cl2N5O6. The van der Waals surface area contributed by atoms with Crippen molar-refractivity contribution in [2.24, 2.45) is 0 Å². The molecule has 5 rings (SSSR count). The fraction of sp³-hybridized carbons (Fsp3) is 0.259. The third-order valence-electron chi connectivity index (χ3n) is 6.82. The molecule has 0 saturated carbocycles. The van der Waals surface area contributed by atoms with Crippen molar-refractivity contribution < 1.29 is 29.0 Å². The summed E-state index contributed by atoms with van der Waals surface area (Å²) in [5.74, 6) is -1.56. The van der Waals surface area contributed by atoms with Gasteiger partial charge in [-0.2, -0.15) is 0 Å². The van der Waals surface area contributed by atoms with E-state index in [1.807, 2.05) is 24.3 Å². The van der Waals surface area contributed by atoms with Crippen LogP contribution in [0.3, 0.4) is 0 Å². The summed E-state index contributed by atoms with van der Waals surface area (Å²) in [6, 6.07) is 11.4. The van der Waals surface area contributed by atoms with Crippen molar-refractivity contribution in [3.05, 3.63) is 76.8 Å². The number of rotatable bonds is 8. The van der Waals surface area contributed by atoms with Gasteiger partial charge in [0.2, 0.25) is 0 Å². The van der Waals surface area contributed by atoms with Crippen LogP contribution < -0.4 is 10.2 Å². The van der Waals surface area contributed by atoms with Gasteiger partial charge in [-0.3, -0.25) is 9.59 Å². The van der Waals surface area contributed by atoms with Gasteiger partial charge in [-0.1, -0.05) is 47.5 Å². The molecule has 1 aromatic heterocycles. The number of carbonyl (C=O) groups excluding carboxylic acids is 3. The molecule has 2 fully saturated rings. The van der Waals surface area contributed by atoms with Gasteiger partial charge in [0.15, 0.2) is 0 Å². The maximum atomic E-state index is 14.1. The number of ether oxygens (including phenoxy) is 1. The SMILES string of the molecule is O=C(O)CCNC(=O)O[C@H]1CN2C(=O)N(c3cc(Cl)cc(Cl)c3)C(=O)[C@]2(Cc2ccc(-c3cncnc3)cc2)C1. The summed E-state index contributed by atoms with van der Waals surface area (Å²) >= 11 is 12.3. The normalized spacial score (nSPS) is 20.0. The van der Waals surface area contributed by atoms with E-state index in [0.717, 1.165) is 21.6 Å². The minimum absolute atomic E-state index is 0.0266. The summed E-state index contributed by atoms with van der Waals surface area (Å²) in [5.41, 5.74) is 1.39. The summed E-state index contributed by atoms with van der Waals surface area (Å²) < 4.78 is 5.48. The largest absolute Gasteiger partial charge is 0.481 e. The molecule has 4 amide bonds. The number of hydrogen-bond acceptors (Lipinski definition) is 7. The van der Waals surface area contributed by atoms with Crippen molar-refractivity contribution in [3.63, 3.8) is 0 Å². The zero-order chi connectivity index (χ0) is 28.4. The maximum Gasteiger partial charge on any atom is 0.407 e. The zero-order valence-corrected chi connectivity index (χ0v) is 22.4. The fourth-order valence-corrected chi connectivity index (χ4v) is 5.61. The van der Waals surface area contributed by atoms with Crippen LogP contribution in [0.1, 0.15) is 18.4 Å². The average Bonchev–Trinajstić information content (AvgIpc) is 3.35. The summed E-state index contributed by atoms with van der Waals surface area (Å²) in [4.78, 5) is 61.3. The molecule has 2 aliphatic rings. The first-order valence-corrected chi connectivity index (χ1v) is 13.0. The number of hydrogen-bond donors (Lipinski definition) is 2. The van der Waals surface area contributed by atoms with Gasteiger partial charge in [-0.25, -0.2) is 24.5 Å². The zero-order valence-electron chi connectivity index (χ0n) is 20.9. The molecule has 0 radical (unpaired) electrons. The van der Waals surface area contributed by atoms with Crippen LogP contribution in [0, 0.1) is 0 Å². The highest BCUT2D eigenvalue weighted by molar-refractivity contribution is 6.35. The topological polar surface area (TPSA) is 142 Å². The highest BCUT2D eigenvalue weighted by Crippen LogP contribution is 2.44. The van der Waals surface area contributed by atoms with E-state index in [0.29, 0.717) is 0 Å². The molecule has 2 aromatic carbocycles. The van der Waals surface area contributed by atoms with Crippen LogP contribution >= 0.6 is 23.2 Å². The van der Waals surface area contributed by atoms with E-state index < -0.39 is 35.6 Å². The maximum absolute atomic E-state index is 14.1. The monoisotopic (exact) mass is 583 g/mol. The minimum atomic E-state index is -1.34. The Kier molecular flexibility index (Phi) is 7.59. The van der Waals surface area contributed by atoms with Crippen LogP contribution in [0.4, 0.5) is 15.3 Å². The van der Waals surface area contributed by atoms with E-state index in [-0.39, 0.29) is 48.1 Å². The number of aromatic nitrogens is 2. The summed E-state index contributed by atoms with van der Waals surface area (Å²) in [6.07, 6.45) is 3.15. The van der Waals surface area contributed by atoms with Gasteiger partial charge in [0.1, 0.15) is 18.0 Å². The van der Waals surface area contributed by atoms with Crippen LogP contribution in [-0.4, -0.2) is 68.7 Å². The molecule has 206 valence electrons. The van der Waals surface area contributed by atoms with Gasteiger partial charge in [0, 0.05) is 47.4 Å². The molecule has 0 bridgehead atoms. The Bertz CT molecular complexity index is 1450. The Morgan fingerprint density at radius 3 is 2.38 bits per heavy atom. The number of benzene rings is 2. The Labute approximate surface area is 238 Å². The molecule has 0 unspecified atom stereocenters.